The molecular formula is C17H23N3O3. The van der Waals surface area contributed by atoms with Gasteiger partial charge in [-0.25, -0.2) is 4.79 Å². The smallest absolute Gasteiger partial charge is 0.325 e. The average molecular weight is 317 g/mol. The van der Waals surface area contributed by atoms with E-state index >= 15 is 0 Å². The Balaban J connectivity index is 1.67. The number of nitrogens with one attached hydrogen (secondary N) is 1. The van der Waals surface area contributed by atoms with Crippen LogP contribution in [-0.2, 0) is 4.79 Å². The zero-order valence-corrected chi connectivity index (χ0v) is 13.5. The Morgan fingerprint density at radius 1 is 1.26 bits per heavy atom. The van der Waals surface area contributed by atoms with Crippen LogP contribution in [0.5, 0.6) is 0 Å². The van der Waals surface area contributed by atoms with Gasteiger partial charge in [0.2, 0.25) is 0 Å². The molecule has 2 atom stereocenters. The fourth-order valence-corrected chi connectivity index (χ4v) is 3.46. The van der Waals surface area contributed by atoms with Crippen LogP contribution in [0.4, 0.5) is 4.79 Å². The number of rotatable bonds is 4. The molecule has 0 unspecified atom stereocenters. The van der Waals surface area contributed by atoms with Crippen molar-refractivity contribution in [1.82, 2.24) is 15.1 Å². The number of hydrogen-bond acceptors (Lipinski definition) is 4. The highest BCUT2D eigenvalue weighted by atomic mass is 16.3. The minimum atomic E-state index is -0.822. The van der Waals surface area contributed by atoms with Crippen LogP contribution in [0, 0.1) is 0 Å². The lowest BCUT2D eigenvalue weighted by molar-refractivity contribution is -0.132. The molecule has 3 amide bonds. The Morgan fingerprint density at radius 3 is 2.57 bits per heavy atom. The van der Waals surface area contributed by atoms with Crippen LogP contribution in [0.1, 0.15) is 31.9 Å². The summed E-state index contributed by atoms with van der Waals surface area (Å²) in [5, 5.41) is 13.2. The second-order valence-corrected chi connectivity index (χ2v) is 6.69. The number of nitrogens with zero attached hydrogens (tertiary/aromatic N) is 2. The first kappa shape index (κ1) is 16.0. The minimum absolute atomic E-state index is 0.144. The van der Waals surface area contributed by atoms with E-state index in [1.54, 1.807) is 0 Å². The summed E-state index contributed by atoms with van der Waals surface area (Å²) in [5.74, 6) is -0.144. The Labute approximate surface area is 136 Å². The number of carbonyl (C=O) groups is 2. The largest absolute Gasteiger partial charge is 0.387 e. The SMILES string of the molecule is CC(C)N1C(=O)N[C@@]2(CCN(C[C@@H](O)c3ccccc3)C2)C1=O. The van der Waals surface area contributed by atoms with Gasteiger partial charge < -0.3 is 10.4 Å². The van der Waals surface area contributed by atoms with Gasteiger partial charge in [-0.1, -0.05) is 30.3 Å². The number of imide groups is 1. The Kier molecular flexibility index (Phi) is 4.12. The lowest BCUT2D eigenvalue weighted by Gasteiger charge is -2.24. The minimum Gasteiger partial charge on any atom is -0.387 e. The van der Waals surface area contributed by atoms with Crippen molar-refractivity contribution in [3.8, 4) is 0 Å². The monoisotopic (exact) mass is 317 g/mol. The lowest BCUT2D eigenvalue weighted by Crippen LogP contribution is -2.50. The predicted octanol–water partition coefficient (Wildman–Crippen LogP) is 1.12. The van der Waals surface area contributed by atoms with E-state index in [0.29, 0.717) is 26.1 Å². The van der Waals surface area contributed by atoms with E-state index in [1.807, 2.05) is 49.1 Å². The van der Waals surface area contributed by atoms with Crippen molar-refractivity contribution in [3.05, 3.63) is 35.9 Å². The molecule has 0 bridgehead atoms. The summed E-state index contributed by atoms with van der Waals surface area (Å²) in [4.78, 5) is 28.0. The third kappa shape index (κ3) is 2.84. The summed E-state index contributed by atoms with van der Waals surface area (Å²) in [7, 11) is 0. The molecule has 1 spiro atoms. The second-order valence-electron chi connectivity index (χ2n) is 6.69. The normalized spacial score (nSPS) is 26.3. The first-order valence-electron chi connectivity index (χ1n) is 8.04. The van der Waals surface area contributed by atoms with Gasteiger partial charge in [-0.15, -0.1) is 0 Å². The van der Waals surface area contributed by atoms with E-state index in [2.05, 4.69) is 5.32 Å². The highest BCUT2D eigenvalue weighted by molar-refractivity contribution is 6.07. The number of aliphatic hydroxyl groups is 1. The maximum Gasteiger partial charge on any atom is 0.325 e. The zero-order valence-electron chi connectivity index (χ0n) is 13.5. The summed E-state index contributed by atoms with van der Waals surface area (Å²) >= 11 is 0. The van der Waals surface area contributed by atoms with E-state index in [4.69, 9.17) is 0 Å². The molecule has 1 aromatic carbocycles. The van der Waals surface area contributed by atoms with E-state index in [1.165, 1.54) is 4.90 Å². The number of aliphatic hydroxyl groups excluding tert-OH is 1. The van der Waals surface area contributed by atoms with Crippen molar-refractivity contribution in [1.29, 1.82) is 0 Å². The molecule has 124 valence electrons. The van der Waals surface area contributed by atoms with Crippen LogP contribution >= 0.6 is 0 Å². The van der Waals surface area contributed by atoms with Gasteiger partial charge in [-0.2, -0.15) is 0 Å². The fourth-order valence-electron chi connectivity index (χ4n) is 3.46. The van der Waals surface area contributed by atoms with Crippen molar-refractivity contribution in [2.75, 3.05) is 19.6 Å². The molecule has 0 saturated carbocycles. The predicted molar refractivity (Wildman–Crippen MR) is 85.7 cm³/mol. The van der Waals surface area contributed by atoms with Gasteiger partial charge in [0.05, 0.1) is 6.10 Å². The van der Waals surface area contributed by atoms with Crippen molar-refractivity contribution in [2.24, 2.45) is 0 Å². The van der Waals surface area contributed by atoms with E-state index in [0.717, 1.165) is 5.56 Å². The van der Waals surface area contributed by atoms with Gasteiger partial charge in [0.15, 0.2) is 0 Å². The third-order valence-corrected chi connectivity index (χ3v) is 4.67. The van der Waals surface area contributed by atoms with Gasteiger partial charge in [0.1, 0.15) is 5.54 Å². The highest BCUT2D eigenvalue weighted by Crippen LogP contribution is 2.30. The Bertz CT molecular complexity index is 604. The quantitative estimate of drug-likeness (QED) is 0.817. The molecule has 2 aliphatic heterocycles. The molecule has 23 heavy (non-hydrogen) atoms. The summed E-state index contributed by atoms with van der Waals surface area (Å²) in [6.07, 6.45) is -0.0118. The topological polar surface area (TPSA) is 72.9 Å². The molecule has 1 aromatic rings. The Hall–Kier alpha value is -1.92. The van der Waals surface area contributed by atoms with Gasteiger partial charge in [0.25, 0.3) is 5.91 Å². The molecule has 0 radical (unpaired) electrons. The number of likely N-dealkylation sites (tertiary alicyclic amines) is 1. The standard InChI is InChI=1S/C17H23N3O3/c1-12(2)20-15(22)17(18-16(20)23)8-9-19(11-17)10-14(21)13-6-4-3-5-7-13/h3-7,12,14,21H,8-11H2,1-2H3,(H,18,23)/t14-,17-/m1/s1. The van der Waals surface area contributed by atoms with Gasteiger partial charge in [0, 0.05) is 25.7 Å². The average Bonchev–Trinajstić information content (AvgIpc) is 3.02. The maximum absolute atomic E-state index is 12.6. The summed E-state index contributed by atoms with van der Waals surface area (Å²) in [5.41, 5.74) is 0.0386. The first-order chi connectivity index (χ1) is 10.9. The second kappa shape index (κ2) is 5.94. The van der Waals surface area contributed by atoms with Crippen molar-refractivity contribution < 1.29 is 14.7 Å². The molecule has 3 rings (SSSR count). The number of carbonyl (C=O) groups excluding carboxylic acids is 2. The molecule has 6 heteroatoms. The molecule has 2 aliphatic rings. The number of amides is 3. The van der Waals surface area contributed by atoms with E-state index in [-0.39, 0.29) is 18.0 Å². The van der Waals surface area contributed by atoms with E-state index < -0.39 is 11.6 Å². The van der Waals surface area contributed by atoms with Gasteiger partial charge in [-0.3, -0.25) is 14.6 Å². The molecular weight excluding hydrogens is 294 g/mol. The van der Waals surface area contributed by atoms with Crippen LogP contribution in [0.3, 0.4) is 0 Å². The number of hydrogen-bond donors (Lipinski definition) is 2. The molecule has 2 heterocycles. The first-order valence-corrected chi connectivity index (χ1v) is 8.04. The van der Waals surface area contributed by atoms with Crippen molar-refractivity contribution in [2.45, 2.75) is 38.0 Å². The lowest BCUT2D eigenvalue weighted by atomic mass is 9.98. The molecule has 2 fully saturated rings. The fraction of sp³-hybridized carbons (Fsp3) is 0.529. The highest BCUT2D eigenvalue weighted by Gasteiger charge is 2.55. The summed E-state index contributed by atoms with van der Waals surface area (Å²) in [6, 6.07) is 9.02. The molecule has 0 aliphatic carbocycles. The van der Waals surface area contributed by atoms with Crippen LogP contribution in [0.25, 0.3) is 0 Å². The third-order valence-electron chi connectivity index (χ3n) is 4.67. The van der Waals surface area contributed by atoms with Gasteiger partial charge in [-0.05, 0) is 25.8 Å². The number of urea groups is 1. The molecule has 2 N–H and O–H groups in total. The maximum atomic E-state index is 12.6. The van der Waals surface area contributed by atoms with Crippen LogP contribution in [0.2, 0.25) is 0 Å². The number of β-amino-alcohol motifs (C(OH)–C–C–N with tert-alkyl or cyclic N) is 1. The zero-order chi connectivity index (χ0) is 16.6. The van der Waals surface area contributed by atoms with Gasteiger partial charge >= 0.3 is 6.03 Å². The van der Waals surface area contributed by atoms with E-state index in [9.17, 15) is 14.7 Å². The molecule has 2 saturated heterocycles. The van der Waals surface area contributed by atoms with Crippen LogP contribution < -0.4 is 5.32 Å². The van der Waals surface area contributed by atoms with Crippen molar-refractivity contribution in [3.63, 3.8) is 0 Å². The number of benzene rings is 1. The summed E-state index contributed by atoms with van der Waals surface area (Å²) in [6.45, 7) is 5.26. The Morgan fingerprint density at radius 2 is 1.96 bits per heavy atom. The van der Waals surface area contributed by atoms with Crippen LogP contribution in [0.15, 0.2) is 30.3 Å². The molecule has 6 nitrogen and oxygen atoms in total. The summed E-state index contributed by atoms with van der Waals surface area (Å²) < 4.78 is 0. The van der Waals surface area contributed by atoms with Crippen molar-refractivity contribution >= 4 is 11.9 Å². The molecule has 0 aromatic heterocycles. The van der Waals surface area contributed by atoms with Crippen LogP contribution in [-0.4, -0.2) is 58.1 Å².